The maximum absolute atomic E-state index is 12.5. The van der Waals surface area contributed by atoms with Crippen LogP contribution in [0.15, 0.2) is 48.5 Å². The first-order chi connectivity index (χ1) is 12.2. The van der Waals surface area contributed by atoms with Crippen LogP contribution in [-0.2, 0) is 11.2 Å². The predicted molar refractivity (Wildman–Crippen MR) is 99.5 cm³/mol. The van der Waals surface area contributed by atoms with Crippen LogP contribution in [0, 0.1) is 12.3 Å². The maximum atomic E-state index is 12.5. The number of methoxy groups -OCH3 is 1. The molecule has 2 aromatic carbocycles. The van der Waals surface area contributed by atoms with E-state index in [1.165, 1.54) is 11.1 Å². The first-order valence-corrected chi connectivity index (χ1v) is 8.40. The minimum atomic E-state index is -0.0650. The summed E-state index contributed by atoms with van der Waals surface area (Å²) in [5.41, 5.74) is 3.39. The molecule has 2 aromatic rings. The largest absolute Gasteiger partial charge is 0.497 e. The van der Waals surface area contributed by atoms with Crippen LogP contribution >= 0.6 is 0 Å². The molecule has 1 aliphatic rings. The lowest BCUT2D eigenvalue weighted by atomic mass is 10.1. The van der Waals surface area contributed by atoms with E-state index in [4.69, 9.17) is 11.2 Å². The number of carbonyl (C=O) groups excluding carboxylic acids is 1. The van der Waals surface area contributed by atoms with Crippen molar-refractivity contribution in [2.45, 2.75) is 18.9 Å². The van der Waals surface area contributed by atoms with Gasteiger partial charge in [-0.15, -0.1) is 6.42 Å². The molecule has 0 fully saturated rings. The Hall–Kier alpha value is -2.77. The van der Waals surface area contributed by atoms with E-state index in [0.29, 0.717) is 6.54 Å². The van der Waals surface area contributed by atoms with Gasteiger partial charge in [-0.3, -0.25) is 9.69 Å². The van der Waals surface area contributed by atoms with Crippen LogP contribution in [-0.4, -0.2) is 31.0 Å². The summed E-state index contributed by atoms with van der Waals surface area (Å²) in [4.78, 5) is 14.5. The Morgan fingerprint density at radius 3 is 2.76 bits per heavy atom. The standard InChI is InChI=1S/C21H22N2O2/c1-3-14-23(20-13-8-16-6-4-5-7-19(16)20)15-21(24)22-17-9-11-18(25-2)12-10-17/h1,4-7,9-12,20H,8,13-15H2,2H3,(H,22,24). The first kappa shape index (κ1) is 17.1. The van der Waals surface area contributed by atoms with Gasteiger partial charge in [-0.1, -0.05) is 30.2 Å². The van der Waals surface area contributed by atoms with Crippen LogP contribution in [0.2, 0.25) is 0 Å². The number of fused-ring (bicyclic) bond motifs is 1. The Balaban J connectivity index is 1.67. The quantitative estimate of drug-likeness (QED) is 0.825. The molecule has 0 heterocycles. The highest BCUT2D eigenvalue weighted by Gasteiger charge is 2.28. The summed E-state index contributed by atoms with van der Waals surface area (Å²) in [6.45, 7) is 0.726. The fraction of sp³-hybridized carbons (Fsp3) is 0.286. The average Bonchev–Trinajstić information content (AvgIpc) is 3.06. The summed E-state index contributed by atoms with van der Waals surface area (Å²) < 4.78 is 5.13. The van der Waals surface area contributed by atoms with Crippen molar-refractivity contribution in [1.82, 2.24) is 4.90 Å². The smallest absolute Gasteiger partial charge is 0.238 e. The first-order valence-electron chi connectivity index (χ1n) is 8.40. The van der Waals surface area contributed by atoms with E-state index in [1.54, 1.807) is 7.11 Å². The topological polar surface area (TPSA) is 41.6 Å². The molecule has 0 radical (unpaired) electrons. The van der Waals surface area contributed by atoms with Crippen LogP contribution in [0.5, 0.6) is 5.75 Å². The Bertz CT molecular complexity index is 777. The van der Waals surface area contributed by atoms with Crippen molar-refractivity contribution >= 4 is 11.6 Å². The lowest BCUT2D eigenvalue weighted by Crippen LogP contribution is -2.36. The number of carbonyl (C=O) groups is 1. The van der Waals surface area contributed by atoms with Crippen molar-refractivity contribution in [3.8, 4) is 18.1 Å². The molecule has 1 unspecified atom stereocenters. The van der Waals surface area contributed by atoms with Gasteiger partial charge in [0.25, 0.3) is 0 Å². The SMILES string of the molecule is C#CCN(CC(=O)Nc1ccc(OC)cc1)C1CCc2ccccc21. The van der Waals surface area contributed by atoms with Crippen molar-refractivity contribution in [1.29, 1.82) is 0 Å². The van der Waals surface area contributed by atoms with Crippen molar-refractivity contribution < 1.29 is 9.53 Å². The lowest BCUT2D eigenvalue weighted by Gasteiger charge is -2.27. The molecule has 1 N–H and O–H groups in total. The molecule has 1 amide bonds. The van der Waals surface area contributed by atoms with Crippen molar-refractivity contribution in [2.24, 2.45) is 0 Å². The van der Waals surface area contributed by atoms with Crippen LogP contribution < -0.4 is 10.1 Å². The summed E-state index contributed by atoms with van der Waals surface area (Å²) in [5, 5.41) is 2.92. The van der Waals surface area contributed by atoms with E-state index in [1.807, 2.05) is 30.3 Å². The minimum absolute atomic E-state index is 0.0650. The zero-order valence-electron chi connectivity index (χ0n) is 14.4. The number of aryl methyl sites for hydroxylation is 1. The van der Waals surface area contributed by atoms with E-state index in [-0.39, 0.29) is 18.5 Å². The summed E-state index contributed by atoms with van der Waals surface area (Å²) >= 11 is 0. The van der Waals surface area contributed by atoms with Gasteiger partial charge in [0, 0.05) is 11.7 Å². The van der Waals surface area contributed by atoms with Crippen LogP contribution in [0.25, 0.3) is 0 Å². The maximum Gasteiger partial charge on any atom is 0.238 e. The number of amides is 1. The van der Waals surface area contributed by atoms with E-state index < -0.39 is 0 Å². The second-order valence-corrected chi connectivity index (χ2v) is 6.14. The third kappa shape index (κ3) is 4.01. The Kier molecular flexibility index (Phi) is 5.37. The van der Waals surface area contributed by atoms with Gasteiger partial charge in [-0.25, -0.2) is 0 Å². The number of benzene rings is 2. The van der Waals surface area contributed by atoms with Gasteiger partial charge in [0.05, 0.1) is 20.2 Å². The molecule has 1 atom stereocenters. The van der Waals surface area contributed by atoms with Crippen molar-refractivity contribution in [3.05, 3.63) is 59.7 Å². The van der Waals surface area contributed by atoms with Crippen molar-refractivity contribution in [2.75, 3.05) is 25.5 Å². The molecule has 0 aliphatic heterocycles. The zero-order chi connectivity index (χ0) is 17.6. The molecule has 0 saturated heterocycles. The van der Waals surface area contributed by atoms with Gasteiger partial charge in [-0.2, -0.15) is 0 Å². The van der Waals surface area contributed by atoms with Crippen LogP contribution in [0.1, 0.15) is 23.6 Å². The second kappa shape index (κ2) is 7.87. The normalized spacial score (nSPS) is 15.5. The van der Waals surface area contributed by atoms with Gasteiger partial charge >= 0.3 is 0 Å². The van der Waals surface area contributed by atoms with Gasteiger partial charge in [0.2, 0.25) is 5.91 Å². The molecular weight excluding hydrogens is 312 g/mol. The number of anilines is 1. The van der Waals surface area contributed by atoms with E-state index in [9.17, 15) is 4.79 Å². The monoisotopic (exact) mass is 334 g/mol. The highest BCUT2D eigenvalue weighted by atomic mass is 16.5. The molecule has 0 spiro atoms. The fourth-order valence-corrected chi connectivity index (χ4v) is 3.37. The molecular formula is C21H22N2O2. The van der Waals surface area contributed by atoms with Gasteiger partial charge in [0.1, 0.15) is 5.75 Å². The number of rotatable bonds is 6. The number of hydrogen-bond acceptors (Lipinski definition) is 3. The Morgan fingerprint density at radius 2 is 2.04 bits per heavy atom. The molecule has 0 aromatic heterocycles. The zero-order valence-corrected chi connectivity index (χ0v) is 14.4. The molecule has 4 nitrogen and oxygen atoms in total. The van der Waals surface area contributed by atoms with Gasteiger partial charge in [-0.05, 0) is 48.2 Å². The Morgan fingerprint density at radius 1 is 1.28 bits per heavy atom. The van der Waals surface area contributed by atoms with Crippen molar-refractivity contribution in [3.63, 3.8) is 0 Å². The Labute approximate surface area is 148 Å². The summed E-state index contributed by atoms with van der Waals surface area (Å²) in [7, 11) is 1.62. The molecule has 128 valence electrons. The molecule has 0 saturated carbocycles. The van der Waals surface area contributed by atoms with Crippen LogP contribution in [0.4, 0.5) is 5.69 Å². The second-order valence-electron chi connectivity index (χ2n) is 6.14. The van der Waals surface area contributed by atoms with E-state index in [0.717, 1.165) is 24.3 Å². The highest BCUT2D eigenvalue weighted by Crippen LogP contribution is 2.35. The third-order valence-electron chi connectivity index (χ3n) is 4.56. The number of nitrogens with zero attached hydrogens (tertiary/aromatic N) is 1. The van der Waals surface area contributed by atoms with Gasteiger partial charge < -0.3 is 10.1 Å². The highest BCUT2D eigenvalue weighted by molar-refractivity contribution is 5.92. The van der Waals surface area contributed by atoms with Gasteiger partial charge in [0.15, 0.2) is 0 Å². The lowest BCUT2D eigenvalue weighted by molar-refractivity contribution is -0.117. The number of terminal acetylenes is 1. The molecule has 25 heavy (non-hydrogen) atoms. The fourth-order valence-electron chi connectivity index (χ4n) is 3.37. The minimum Gasteiger partial charge on any atom is -0.497 e. The predicted octanol–water partition coefficient (Wildman–Crippen LogP) is 3.26. The molecule has 0 bridgehead atoms. The third-order valence-corrected chi connectivity index (χ3v) is 4.56. The molecule has 3 rings (SSSR count). The summed E-state index contributed by atoms with van der Waals surface area (Å²) in [6, 6.07) is 15.9. The van der Waals surface area contributed by atoms with E-state index in [2.05, 4.69) is 34.3 Å². The summed E-state index contributed by atoms with van der Waals surface area (Å²) in [6.07, 6.45) is 7.57. The number of hydrogen-bond donors (Lipinski definition) is 1. The molecule has 1 aliphatic carbocycles. The average molecular weight is 334 g/mol. The number of nitrogens with one attached hydrogen (secondary N) is 1. The molecule has 4 heteroatoms. The van der Waals surface area contributed by atoms with Crippen LogP contribution in [0.3, 0.4) is 0 Å². The summed E-state index contributed by atoms with van der Waals surface area (Å²) in [5.74, 6) is 3.38. The van der Waals surface area contributed by atoms with E-state index >= 15 is 0 Å². The number of ether oxygens (including phenoxy) is 1.